The summed E-state index contributed by atoms with van der Waals surface area (Å²) < 4.78 is 42.1. The van der Waals surface area contributed by atoms with Gasteiger partial charge in [-0.25, -0.2) is 0 Å². The van der Waals surface area contributed by atoms with E-state index in [0.717, 1.165) is 11.4 Å². The van der Waals surface area contributed by atoms with Crippen molar-refractivity contribution in [1.82, 2.24) is 4.98 Å². The van der Waals surface area contributed by atoms with Crippen LogP contribution in [0.1, 0.15) is 5.69 Å². The first-order chi connectivity index (χ1) is 9.27. The summed E-state index contributed by atoms with van der Waals surface area (Å²) in [6.07, 6.45) is -4.59. The molecule has 0 aliphatic heterocycles. The zero-order valence-electron chi connectivity index (χ0n) is 9.35. The lowest BCUT2D eigenvalue weighted by molar-refractivity contribution is -0.385. The molecule has 10 heteroatoms. The molecular formula is C10H4ClF3N2O3S. The monoisotopic (exact) mass is 324 g/mol. The van der Waals surface area contributed by atoms with Gasteiger partial charge in [0, 0.05) is 16.5 Å². The van der Waals surface area contributed by atoms with Gasteiger partial charge >= 0.3 is 11.9 Å². The molecule has 0 saturated carbocycles. The summed E-state index contributed by atoms with van der Waals surface area (Å²) in [7, 11) is 0. The molecule has 0 saturated heterocycles. The minimum atomic E-state index is -4.59. The largest absolute Gasteiger partial charge is 0.434 e. The summed E-state index contributed by atoms with van der Waals surface area (Å²) in [4.78, 5) is 13.3. The molecule has 1 heterocycles. The molecule has 2 aromatic rings. The smallest absolute Gasteiger partial charge is 0.424 e. The number of rotatable bonds is 3. The molecule has 0 unspecified atom stereocenters. The molecule has 1 aromatic heterocycles. The number of halogens is 4. The molecule has 0 aliphatic carbocycles. The minimum Gasteiger partial charge on any atom is -0.424 e. The van der Waals surface area contributed by atoms with Crippen LogP contribution in [0.5, 0.6) is 10.9 Å². The third-order valence-electron chi connectivity index (χ3n) is 2.09. The molecule has 0 spiro atoms. The topological polar surface area (TPSA) is 65.3 Å². The molecule has 0 atom stereocenters. The Bertz CT molecular complexity index is 659. The highest BCUT2D eigenvalue weighted by atomic mass is 35.5. The van der Waals surface area contributed by atoms with E-state index >= 15 is 0 Å². The van der Waals surface area contributed by atoms with Crippen LogP contribution in [0.3, 0.4) is 0 Å². The maximum Gasteiger partial charge on any atom is 0.434 e. The van der Waals surface area contributed by atoms with Crippen LogP contribution >= 0.6 is 22.9 Å². The van der Waals surface area contributed by atoms with Crippen molar-refractivity contribution in [2.45, 2.75) is 6.18 Å². The number of alkyl halides is 3. The van der Waals surface area contributed by atoms with Crippen molar-refractivity contribution in [3.8, 4) is 10.9 Å². The number of nitrogens with zero attached hydrogens (tertiary/aromatic N) is 2. The van der Waals surface area contributed by atoms with Crippen LogP contribution in [0.25, 0.3) is 0 Å². The van der Waals surface area contributed by atoms with Gasteiger partial charge in [0.1, 0.15) is 0 Å². The zero-order valence-corrected chi connectivity index (χ0v) is 10.9. The number of nitro groups is 1. The van der Waals surface area contributed by atoms with E-state index in [9.17, 15) is 23.3 Å². The van der Waals surface area contributed by atoms with Gasteiger partial charge in [0.15, 0.2) is 5.69 Å². The van der Waals surface area contributed by atoms with E-state index < -0.39 is 22.5 Å². The van der Waals surface area contributed by atoms with E-state index in [4.69, 9.17) is 16.3 Å². The predicted molar refractivity (Wildman–Crippen MR) is 65.3 cm³/mol. The Morgan fingerprint density at radius 3 is 2.65 bits per heavy atom. The Balaban J connectivity index is 2.31. The number of hydrogen-bond acceptors (Lipinski definition) is 5. The van der Waals surface area contributed by atoms with Crippen LogP contribution < -0.4 is 4.74 Å². The molecule has 5 nitrogen and oxygen atoms in total. The molecule has 0 amide bonds. The molecule has 20 heavy (non-hydrogen) atoms. The van der Waals surface area contributed by atoms with Crippen molar-refractivity contribution in [2.75, 3.05) is 0 Å². The van der Waals surface area contributed by atoms with Crippen molar-refractivity contribution in [3.05, 3.63) is 44.4 Å². The van der Waals surface area contributed by atoms with Crippen LogP contribution in [-0.4, -0.2) is 9.91 Å². The highest BCUT2D eigenvalue weighted by molar-refractivity contribution is 7.11. The lowest BCUT2D eigenvalue weighted by Crippen LogP contribution is -2.04. The number of ether oxygens (including phenoxy) is 1. The summed E-state index contributed by atoms with van der Waals surface area (Å²) in [6.45, 7) is 0. The average Bonchev–Trinajstić information content (AvgIpc) is 2.79. The minimum absolute atomic E-state index is 0.110. The quantitative estimate of drug-likeness (QED) is 0.615. The second kappa shape index (κ2) is 5.25. The van der Waals surface area contributed by atoms with E-state index in [2.05, 4.69) is 4.98 Å². The van der Waals surface area contributed by atoms with E-state index in [1.807, 2.05) is 0 Å². The molecule has 0 fully saturated rings. The van der Waals surface area contributed by atoms with Gasteiger partial charge < -0.3 is 4.74 Å². The molecule has 0 bridgehead atoms. The first-order valence-electron chi connectivity index (χ1n) is 4.92. The normalized spacial score (nSPS) is 11.4. The Labute approximate surface area is 118 Å². The van der Waals surface area contributed by atoms with Gasteiger partial charge in [-0.1, -0.05) is 22.9 Å². The Morgan fingerprint density at radius 1 is 1.40 bits per heavy atom. The second-order valence-corrected chi connectivity index (χ2v) is 4.72. The van der Waals surface area contributed by atoms with Crippen molar-refractivity contribution in [3.63, 3.8) is 0 Å². The molecular weight excluding hydrogens is 321 g/mol. The number of benzene rings is 1. The number of thiazole rings is 1. The Hall–Kier alpha value is -1.87. The van der Waals surface area contributed by atoms with Crippen LogP contribution in [0, 0.1) is 10.1 Å². The van der Waals surface area contributed by atoms with Gasteiger partial charge in [-0.15, -0.1) is 0 Å². The lowest BCUT2D eigenvalue weighted by Gasteiger charge is -2.03. The average molecular weight is 325 g/mol. The summed E-state index contributed by atoms with van der Waals surface area (Å²) in [6, 6.07) is 3.55. The van der Waals surface area contributed by atoms with Gasteiger partial charge in [-0.3, -0.25) is 10.1 Å². The molecule has 0 N–H and O–H groups in total. The fourth-order valence-corrected chi connectivity index (χ4v) is 2.10. The summed E-state index contributed by atoms with van der Waals surface area (Å²) in [5, 5.41) is 11.3. The number of nitro benzene ring substituents is 1. The van der Waals surface area contributed by atoms with Crippen LogP contribution in [0.15, 0.2) is 23.6 Å². The SMILES string of the molecule is O=[N+]([O-])c1cc(Cl)ccc1Oc1nc(C(F)(F)F)cs1. The maximum atomic E-state index is 12.4. The first-order valence-corrected chi connectivity index (χ1v) is 6.17. The van der Waals surface area contributed by atoms with Crippen molar-refractivity contribution in [2.24, 2.45) is 0 Å². The summed E-state index contributed by atoms with van der Waals surface area (Å²) in [5.74, 6) is -0.234. The highest BCUT2D eigenvalue weighted by Crippen LogP contribution is 2.37. The molecule has 2 rings (SSSR count). The van der Waals surface area contributed by atoms with E-state index in [-0.39, 0.29) is 16.0 Å². The predicted octanol–water partition coefficient (Wildman–Crippen LogP) is 4.52. The number of hydrogen-bond donors (Lipinski definition) is 0. The van der Waals surface area contributed by atoms with E-state index in [1.54, 1.807) is 0 Å². The third-order valence-corrected chi connectivity index (χ3v) is 3.04. The van der Waals surface area contributed by atoms with Crippen LogP contribution in [-0.2, 0) is 6.18 Å². The Morgan fingerprint density at radius 2 is 2.10 bits per heavy atom. The molecule has 0 radical (unpaired) electrons. The van der Waals surface area contributed by atoms with Gasteiger partial charge in [-0.05, 0) is 12.1 Å². The van der Waals surface area contributed by atoms with Crippen molar-refractivity contribution in [1.29, 1.82) is 0 Å². The van der Waals surface area contributed by atoms with Gasteiger partial charge in [0.2, 0.25) is 5.75 Å². The fourth-order valence-electron chi connectivity index (χ4n) is 1.25. The van der Waals surface area contributed by atoms with Crippen molar-refractivity contribution >= 4 is 28.6 Å². The maximum absolute atomic E-state index is 12.4. The first kappa shape index (κ1) is 14.5. The van der Waals surface area contributed by atoms with E-state index in [1.165, 1.54) is 12.1 Å². The van der Waals surface area contributed by atoms with Gasteiger partial charge in [0.05, 0.1) is 4.92 Å². The van der Waals surface area contributed by atoms with Gasteiger partial charge in [-0.2, -0.15) is 18.2 Å². The zero-order chi connectivity index (χ0) is 14.9. The van der Waals surface area contributed by atoms with Gasteiger partial charge in [0.25, 0.3) is 5.19 Å². The third kappa shape index (κ3) is 3.17. The lowest BCUT2D eigenvalue weighted by atomic mass is 10.3. The summed E-state index contributed by atoms with van der Waals surface area (Å²) in [5.41, 5.74) is -1.57. The number of aromatic nitrogens is 1. The van der Waals surface area contributed by atoms with Crippen LogP contribution in [0.4, 0.5) is 18.9 Å². The van der Waals surface area contributed by atoms with E-state index in [0.29, 0.717) is 11.3 Å². The van der Waals surface area contributed by atoms with Crippen LogP contribution in [0.2, 0.25) is 5.02 Å². The Kier molecular flexibility index (Phi) is 3.82. The molecule has 0 aliphatic rings. The molecule has 106 valence electrons. The second-order valence-electron chi connectivity index (χ2n) is 3.47. The van der Waals surface area contributed by atoms with Crippen molar-refractivity contribution < 1.29 is 22.8 Å². The fraction of sp³-hybridized carbons (Fsp3) is 0.100. The standard InChI is InChI=1S/C10H4ClF3N2O3S/c11-5-1-2-7(6(3-5)16(17)18)19-9-15-8(4-20-9)10(12,13)14/h1-4H. The molecule has 1 aromatic carbocycles. The summed E-state index contributed by atoms with van der Waals surface area (Å²) >= 11 is 6.19. The highest BCUT2D eigenvalue weighted by Gasteiger charge is 2.34.